The van der Waals surface area contributed by atoms with Crippen molar-refractivity contribution in [1.82, 2.24) is 4.31 Å². The molecule has 6 heteroatoms. The molecule has 0 amide bonds. The zero-order valence-electron chi connectivity index (χ0n) is 9.86. The third-order valence-corrected chi connectivity index (χ3v) is 5.63. The lowest BCUT2D eigenvalue weighted by Gasteiger charge is -2.25. The normalized spacial score (nSPS) is 17.6. The lowest BCUT2D eigenvalue weighted by Crippen LogP contribution is -2.35. The quantitative estimate of drug-likeness (QED) is 0.780. The maximum absolute atomic E-state index is 13.0. The Hall–Kier alpha value is -0.720. The van der Waals surface area contributed by atoms with Gasteiger partial charge in [0.15, 0.2) is 0 Å². The smallest absolute Gasteiger partial charge is 0.207 e. The van der Waals surface area contributed by atoms with Gasteiger partial charge in [-0.25, -0.2) is 12.8 Å². The fourth-order valence-corrected chi connectivity index (χ4v) is 4.41. The summed E-state index contributed by atoms with van der Waals surface area (Å²) in [5, 5.41) is 0. The van der Waals surface area contributed by atoms with Crippen molar-refractivity contribution in [2.45, 2.75) is 18.2 Å². The molecule has 18 heavy (non-hydrogen) atoms. The molecule has 0 unspecified atom stereocenters. The summed E-state index contributed by atoms with van der Waals surface area (Å²) in [6.45, 7) is 2.76. The number of halogens is 2. The highest BCUT2D eigenvalue weighted by atomic mass is 79.9. The van der Waals surface area contributed by atoms with E-state index in [0.29, 0.717) is 19.5 Å². The van der Waals surface area contributed by atoms with Gasteiger partial charge in [0, 0.05) is 17.6 Å². The van der Waals surface area contributed by atoms with Crippen LogP contribution in [0, 0.1) is 5.82 Å². The van der Waals surface area contributed by atoms with Crippen molar-refractivity contribution in [2.24, 2.45) is 0 Å². The minimum atomic E-state index is -3.56. The number of nitrogens with zero attached hydrogens (tertiary/aromatic N) is 1. The van der Waals surface area contributed by atoms with Crippen molar-refractivity contribution in [3.8, 4) is 0 Å². The van der Waals surface area contributed by atoms with Crippen LogP contribution >= 0.6 is 15.9 Å². The fraction of sp³-hybridized carbons (Fsp3) is 0.333. The first-order valence-corrected chi connectivity index (χ1v) is 7.75. The summed E-state index contributed by atoms with van der Waals surface area (Å²) in [5.74, 6) is -0.462. The molecule has 98 valence electrons. The van der Waals surface area contributed by atoms with Crippen molar-refractivity contribution in [2.75, 3.05) is 13.1 Å². The Morgan fingerprint density at radius 1 is 1.39 bits per heavy atom. The summed E-state index contributed by atoms with van der Waals surface area (Å²) in [7, 11) is -3.56. The zero-order chi connectivity index (χ0) is 13.3. The predicted octanol–water partition coefficient (Wildman–Crippen LogP) is 2.93. The largest absolute Gasteiger partial charge is 0.244 e. The van der Waals surface area contributed by atoms with Crippen LogP contribution in [-0.2, 0) is 10.0 Å². The van der Waals surface area contributed by atoms with Gasteiger partial charge in [0.05, 0.1) is 4.90 Å². The molecule has 0 bridgehead atoms. The Balaban J connectivity index is 2.39. The van der Waals surface area contributed by atoms with Crippen molar-refractivity contribution in [3.63, 3.8) is 0 Å². The monoisotopic (exact) mass is 333 g/mol. The minimum absolute atomic E-state index is 0.110. The van der Waals surface area contributed by atoms with Gasteiger partial charge in [0.2, 0.25) is 10.0 Å². The van der Waals surface area contributed by atoms with Gasteiger partial charge in [-0.3, -0.25) is 0 Å². The molecule has 2 rings (SSSR count). The van der Waals surface area contributed by atoms with E-state index in [1.807, 2.05) is 13.0 Å². The maximum atomic E-state index is 13.0. The Bertz CT molecular complexity index is 598. The van der Waals surface area contributed by atoms with Crippen molar-refractivity contribution >= 4 is 26.0 Å². The number of sulfonamides is 1. The molecule has 0 saturated heterocycles. The summed E-state index contributed by atoms with van der Waals surface area (Å²) in [5.41, 5.74) is 1.03. The summed E-state index contributed by atoms with van der Waals surface area (Å²) >= 11 is 3.10. The molecule has 3 nitrogen and oxygen atoms in total. The van der Waals surface area contributed by atoms with E-state index < -0.39 is 15.8 Å². The number of hydrogen-bond donors (Lipinski definition) is 0. The van der Waals surface area contributed by atoms with Gasteiger partial charge in [0.1, 0.15) is 5.82 Å². The lowest BCUT2D eigenvalue weighted by atomic mass is 10.2. The lowest BCUT2D eigenvalue weighted by molar-refractivity contribution is 0.427. The Kier molecular flexibility index (Phi) is 3.89. The van der Waals surface area contributed by atoms with Crippen molar-refractivity contribution in [1.29, 1.82) is 0 Å². The molecule has 0 spiro atoms. The standard InChI is InChI=1S/C12H13BrFNO2S/c1-9-3-2-6-15(8-9)18(16,17)12-5-4-10(14)7-11(12)13/h3-5,7H,2,6,8H2,1H3. The Labute approximate surface area is 114 Å². The molecule has 1 aliphatic heterocycles. The van der Waals surface area contributed by atoms with Crippen LogP contribution < -0.4 is 0 Å². The highest BCUT2D eigenvalue weighted by Gasteiger charge is 2.27. The van der Waals surface area contributed by atoms with E-state index in [9.17, 15) is 12.8 Å². The van der Waals surface area contributed by atoms with Gasteiger partial charge in [-0.2, -0.15) is 4.31 Å². The zero-order valence-corrected chi connectivity index (χ0v) is 12.3. The summed E-state index contributed by atoms with van der Waals surface area (Å²) in [4.78, 5) is 0.110. The van der Waals surface area contributed by atoms with Crippen LogP contribution in [0.2, 0.25) is 0 Å². The topological polar surface area (TPSA) is 37.4 Å². The van der Waals surface area contributed by atoms with Gasteiger partial charge in [-0.05, 0) is 47.5 Å². The van der Waals surface area contributed by atoms with Gasteiger partial charge >= 0.3 is 0 Å². The molecule has 1 heterocycles. The second-order valence-corrected chi connectivity index (χ2v) is 7.01. The molecule has 0 aromatic heterocycles. The SMILES string of the molecule is CC1=CCCN(S(=O)(=O)c2ccc(F)cc2Br)C1. The molecule has 0 radical (unpaired) electrons. The molecule has 0 saturated carbocycles. The third-order valence-electron chi connectivity index (χ3n) is 2.81. The van der Waals surface area contributed by atoms with Crippen LogP contribution in [0.15, 0.2) is 39.2 Å². The van der Waals surface area contributed by atoms with E-state index in [2.05, 4.69) is 15.9 Å². The molecular weight excluding hydrogens is 321 g/mol. The van der Waals surface area contributed by atoms with Gasteiger partial charge in [-0.15, -0.1) is 0 Å². The highest BCUT2D eigenvalue weighted by molar-refractivity contribution is 9.10. The molecule has 1 aromatic carbocycles. The summed E-state index contributed by atoms with van der Waals surface area (Å²) < 4.78 is 39.5. The first kappa shape index (κ1) is 13.7. The summed E-state index contributed by atoms with van der Waals surface area (Å²) in [6, 6.07) is 3.62. The molecule has 0 N–H and O–H groups in total. The average Bonchev–Trinajstić information content (AvgIpc) is 2.28. The third kappa shape index (κ3) is 2.65. The molecule has 1 aromatic rings. The average molecular weight is 334 g/mol. The van der Waals surface area contributed by atoms with Crippen LogP contribution in [0.3, 0.4) is 0 Å². The maximum Gasteiger partial charge on any atom is 0.244 e. The molecular formula is C12H13BrFNO2S. The van der Waals surface area contributed by atoms with Crippen LogP contribution in [-0.4, -0.2) is 25.8 Å². The van der Waals surface area contributed by atoms with E-state index in [0.717, 1.165) is 11.6 Å². The van der Waals surface area contributed by atoms with E-state index in [1.165, 1.54) is 16.4 Å². The van der Waals surface area contributed by atoms with E-state index >= 15 is 0 Å². The van der Waals surface area contributed by atoms with Gasteiger partial charge < -0.3 is 0 Å². The first-order valence-electron chi connectivity index (χ1n) is 5.52. The number of rotatable bonds is 2. The van der Waals surface area contributed by atoms with E-state index in [4.69, 9.17) is 0 Å². The Morgan fingerprint density at radius 3 is 2.72 bits per heavy atom. The van der Waals surface area contributed by atoms with E-state index in [-0.39, 0.29) is 9.37 Å². The van der Waals surface area contributed by atoms with Crippen LogP contribution in [0.25, 0.3) is 0 Å². The first-order chi connectivity index (χ1) is 8.41. The molecule has 1 aliphatic rings. The van der Waals surface area contributed by atoms with E-state index in [1.54, 1.807) is 0 Å². The number of hydrogen-bond acceptors (Lipinski definition) is 2. The Morgan fingerprint density at radius 2 is 2.11 bits per heavy atom. The molecule has 0 aliphatic carbocycles. The molecule has 0 atom stereocenters. The van der Waals surface area contributed by atoms with Crippen molar-refractivity contribution in [3.05, 3.63) is 40.1 Å². The van der Waals surface area contributed by atoms with Crippen LogP contribution in [0.4, 0.5) is 4.39 Å². The van der Waals surface area contributed by atoms with Crippen molar-refractivity contribution < 1.29 is 12.8 Å². The number of benzene rings is 1. The van der Waals surface area contributed by atoms with Gasteiger partial charge in [-0.1, -0.05) is 11.6 Å². The highest BCUT2D eigenvalue weighted by Crippen LogP contribution is 2.27. The second-order valence-electron chi connectivity index (χ2n) is 4.25. The fourth-order valence-electron chi connectivity index (χ4n) is 1.91. The molecule has 0 fully saturated rings. The second kappa shape index (κ2) is 5.11. The van der Waals surface area contributed by atoms with Gasteiger partial charge in [0.25, 0.3) is 0 Å². The van der Waals surface area contributed by atoms with Crippen LogP contribution in [0.1, 0.15) is 13.3 Å². The van der Waals surface area contributed by atoms with Crippen LogP contribution in [0.5, 0.6) is 0 Å². The minimum Gasteiger partial charge on any atom is -0.207 e. The predicted molar refractivity (Wildman–Crippen MR) is 71.2 cm³/mol. The summed E-state index contributed by atoms with van der Waals surface area (Å²) in [6.07, 6.45) is 2.75.